The maximum absolute atomic E-state index is 13.0. The number of pyridine rings is 1. The van der Waals surface area contributed by atoms with Crippen molar-refractivity contribution in [3.8, 4) is 11.6 Å². The number of hydrogen-bond acceptors (Lipinski definition) is 6. The summed E-state index contributed by atoms with van der Waals surface area (Å²) in [5.41, 5.74) is 0.912. The summed E-state index contributed by atoms with van der Waals surface area (Å²) in [5, 5.41) is 0. The van der Waals surface area contributed by atoms with Crippen molar-refractivity contribution in [2.75, 3.05) is 31.1 Å². The van der Waals surface area contributed by atoms with E-state index in [2.05, 4.69) is 14.6 Å². The molecule has 34 heavy (non-hydrogen) atoms. The summed E-state index contributed by atoms with van der Waals surface area (Å²) in [6.45, 7) is 5.25. The van der Waals surface area contributed by atoms with Crippen LogP contribution >= 0.6 is 0 Å². The summed E-state index contributed by atoms with van der Waals surface area (Å²) in [7, 11) is 0. The number of hydrogen-bond donors (Lipinski definition) is 0. The maximum atomic E-state index is 13.0. The van der Waals surface area contributed by atoms with Gasteiger partial charge in [0.05, 0.1) is 5.69 Å². The molecule has 2 aliphatic rings. The molecule has 3 amide bonds. The van der Waals surface area contributed by atoms with Crippen LogP contribution in [0, 0.1) is 0 Å². The molecule has 0 radical (unpaired) electrons. The lowest BCUT2D eigenvalue weighted by molar-refractivity contribution is -0.274. The van der Waals surface area contributed by atoms with Crippen LogP contribution in [0.3, 0.4) is 0 Å². The first-order valence-electron chi connectivity index (χ1n) is 11.0. The van der Waals surface area contributed by atoms with Crippen molar-refractivity contribution in [2.24, 2.45) is 0 Å². The predicted octanol–water partition coefficient (Wildman–Crippen LogP) is 3.81. The Bertz CT molecular complexity index is 1030. The third-order valence-electron chi connectivity index (χ3n) is 5.82. The van der Waals surface area contributed by atoms with Crippen molar-refractivity contribution in [3.63, 3.8) is 0 Å². The van der Waals surface area contributed by atoms with Crippen LogP contribution < -0.4 is 14.4 Å². The Morgan fingerprint density at radius 1 is 1.09 bits per heavy atom. The predicted molar refractivity (Wildman–Crippen MR) is 116 cm³/mol. The van der Waals surface area contributed by atoms with Crippen molar-refractivity contribution in [1.82, 2.24) is 14.8 Å². The van der Waals surface area contributed by atoms with Crippen molar-refractivity contribution in [2.45, 2.75) is 38.7 Å². The average molecular weight is 478 g/mol. The molecule has 1 aromatic carbocycles. The number of halogens is 3. The topological polar surface area (TPSA) is 75.2 Å². The molecule has 182 valence electrons. The second-order valence-corrected chi connectivity index (χ2v) is 8.20. The number of ether oxygens (including phenoxy) is 2. The number of likely N-dealkylation sites (tertiary alicyclic amines) is 1. The summed E-state index contributed by atoms with van der Waals surface area (Å²) in [5.74, 6) is -0.459. The van der Waals surface area contributed by atoms with Crippen LogP contribution in [0.25, 0.3) is 0 Å². The molecule has 1 aromatic heterocycles. The molecule has 4 rings (SSSR count). The summed E-state index contributed by atoms with van der Waals surface area (Å²) < 4.78 is 46.7. The van der Waals surface area contributed by atoms with Gasteiger partial charge in [-0.15, -0.1) is 13.2 Å². The van der Waals surface area contributed by atoms with Crippen molar-refractivity contribution < 1.29 is 32.2 Å². The fourth-order valence-electron chi connectivity index (χ4n) is 4.06. The summed E-state index contributed by atoms with van der Waals surface area (Å²) in [6, 6.07) is 6.78. The molecular weight excluding hydrogens is 453 g/mol. The number of anilines is 1. The summed E-state index contributed by atoms with van der Waals surface area (Å²) in [4.78, 5) is 34.7. The van der Waals surface area contributed by atoms with Gasteiger partial charge in [0.25, 0.3) is 5.91 Å². The Morgan fingerprint density at radius 3 is 2.47 bits per heavy atom. The molecule has 1 atom stereocenters. The van der Waals surface area contributed by atoms with Gasteiger partial charge in [-0.25, -0.2) is 14.7 Å². The van der Waals surface area contributed by atoms with E-state index in [4.69, 9.17) is 4.74 Å². The Kier molecular flexibility index (Phi) is 6.92. The van der Waals surface area contributed by atoms with E-state index in [0.717, 1.165) is 42.2 Å². The molecule has 1 unspecified atom stereocenters. The standard InChI is InChI=1S/C23H25F3N4O4/c1-16-21(31)30(18-4-6-19(7-5-18)34-23(24,25)26)22(32)29(16)15-17-8-9-27-20(14-17)33-13-12-28-10-2-3-11-28/h4-9,14,16H,2-3,10-13,15H2,1H3. The quantitative estimate of drug-likeness (QED) is 0.537. The highest BCUT2D eigenvalue weighted by atomic mass is 19.4. The van der Waals surface area contributed by atoms with Gasteiger partial charge in [-0.3, -0.25) is 9.69 Å². The molecule has 2 saturated heterocycles. The van der Waals surface area contributed by atoms with Crippen LogP contribution in [-0.2, 0) is 11.3 Å². The first-order chi connectivity index (χ1) is 16.2. The van der Waals surface area contributed by atoms with Gasteiger partial charge in [-0.2, -0.15) is 0 Å². The van der Waals surface area contributed by atoms with E-state index in [-0.39, 0.29) is 12.2 Å². The average Bonchev–Trinajstić information content (AvgIpc) is 3.37. The van der Waals surface area contributed by atoms with Gasteiger partial charge in [0.1, 0.15) is 18.4 Å². The smallest absolute Gasteiger partial charge is 0.476 e. The molecular formula is C23H25F3N4O4. The zero-order valence-electron chi connectivity index (χ0n) is 18.6. The van der Waals surface area contributed by atoms with Gasteiger partial charge < -0.3 is 14.4 Å². The van der Waals surface area contributed by atoms with Gasteiger partial charge >= 0.3 is 12.4 Å². The molecule has 0 bridgehead atoms. The number of carbonyl (C=O) groups excluding carboxylic acids is 2. The van der Waals surface area contributed by atoms with E-state index in [1.807, 2.05) is 0 Å². The van der Waals surface area contributed by atoms with Crippen molar-refractivity contribution >= 4 is 17.6 Å². The first-order valence-corrected chi connectivity index (χ1v) is 11.0. The van der Waals surface area contributed by atoms with Crippen LogP contribution in [0.4, 0.5) is 23.7 Å². The SMILES string of the molecule is CC1C(=O)N(c2ccc(OC(F)(F)F)cc2)C(=O)N1Cc1ccnc(OCCN2CCCC2)c1. The third kappa shape index (κ3) is 5.58. The number of urea groups is 1. The van der Waals surface area contributed by atoms with Gasteiger partial charge in [-0.05, 0) is 68.8 Å². The second kappa shape index (κ2) is 9.88. The van der Waals surface area contributed by atoms with E-state index >= 15 is 0 Å². The zero-order valence-corrected chi connectivity index (χ0v) is 18.6. The largest absolute Gasteiger partial charge is 0.573 e. The normalized spacial score (nSPS) is 19.2. The Hall–Kier alpha value is -3.34. The fraction of sp³-hybridized carbons (Fsp3) is 0.435. The zero-order chi connectivity index (χ0) is 24.3. The van der Waals surface area contributed by atoms with Crippen LogP contribution in [0.5, 0.6) is 11.6 Å². The molecule has 0 aliphatic carbocycles. The van der Waals surface area contributed by atoms with Gasteiger partial charge in [-0.1, -0.05) is 0 Å². The highest BCUT2D eigenvalue weighted by Gasteiger charge is 2.43. The lowest BCUT2D eigenvalue weighted by Crippen LogP contribution is -2.33. The number of carbonyl (C=O) groups is 2. The van der Waals surface area contributed by atoms with Gasteiger partial charge in [0.15, 0.2) is 0 Å². The number of nitrogens with zero attached hydrogens (tertiary/aromatic N) is 4. The van der Waals surface area contributed by atoms with Crippen LogP contribution in [-0.4, -0.2) is 65.4 Å². The van der Waals surface area contributed by atoms with Crippen molar-refractivity contribution in [3.05, 3.63) is 48.2 Å². The minimum Gasteiger partial charge on any atom is -0.476 e. The Morgan fingerprint density at radius 2 is 1.79 bits per heavy atom. The van der Waals surface area contributed by atoms with Crippen molar-refractivity contribution in [1.29, 1.82) is 0 Å². The molecule has 2 fully saturated rings. The molecule has 11 heteroatoms. The van der Waals surface area contributed by atoms with Gasteiger partial charge in [0, 0.05) is 25.4 Å². The number of imide groups is 1. The number of amides is 3. The molecule has 2 aliphatic heterocycles. The molecule has 8 nitrogen and oxygen atoms in total. The lowest BCUT2D eigenvalue weighted by atomic mass is 10.2. The van der Waals surface area contributed by atoms with E-state index in [0.29, 0.717) is 12.5 Å². The molecule has 2 aromatic rings. The number of aromatic nitrogens is 1. The number of rotatable bonds is 8. The number of alkyl halides is 3. The minimum atomic E-state index is -4.83. The van der Waals surface area contributed by atoms with E-state index in [9.17, 15) is 22.8 Å². The van der Waals surface area contributed by atoms with Crippen LogP contribution in [0.15, 0.2) is 42.6 Å². The molecule has 0 spiro atoms. The minimum absolute atomic E-state index is 0.155. The Labute approximate surface area is 194 Å². The number of benzene rings is 1. The highest BCUT2D eigenvalue weighted by molar-refractivity contribution is 6.21. The third-order valence-corrected chi connectivity index (χ3v) is 5.82. The molecule has 0 saturated carbocycles. The molecule has 0 N–H and O–H groups in total. The van der Waals surface area contributed by atoms with Gasteiger partial charge in [0.2, 0.25) is 5.88 Å². The van der Waals surface area contributed by atoms with Crippen LogP contribution in [0.1, 0.15) is 25.3 Å². The fourth-order valence-corrected chi connectivity index (χ4v) is 4.06. The molecule has 3 heterocycles. The van der Waals surface area contributed by atoms with E-state index in [1.54, 1.807) is 25.3 Å². The highest BCUT2D eigenvalue weighted by Crippen LogP contribution is 2.30. The monoisotopic (exact) mass is 478 g/mol. The first kappa shape index (κ1) is 23.8. The second-order valence-electron chi connectivity index (χ2n) is 8.20. The van der Waals surface area contributed by atoms with Crippen LogP contribution in [0.2, 0.25) is 0 Å². The van der Waals surface area contributed by atoms with E-state index < -0.39 is 30.1 Å². The Balaban J connectivity index is 1.40. The lowest BCUT2D eigenvalue weighted by Gasteiger charge is -2.20. The summed E-state index contributed by atoms with van der Waals surface area (Å²) >= 11 is 0. The van der Waals surface area contributed by atoms with E-state index in [1.165, 1.54) is 29.9 Å². The maximum Gasteiger partial charge on any atom is 0.573 e. The summed E-state index contributed by atoms with van der Waals surface area (Å²) in [6.07, 6.45) is -0.827.